The highest BCUT2D eigenvalue weighted by Crippen LogP contribution is 2.41. The molecule has 0 aliphatic carbocycles. The lowest BCUT2D eigenvalue weighted by molar-refractivity contribution is -0.183. The van der Waals surface area contributed by atoms with E-state index in [9.17, 15) is 27.9 Å². The molecule has 0 spiro atoms. The number of carbonyl (C=O) groups excluding carboxylic acids is 1. The lowest BCUT2D eigenvalue weighted by Gasteiger charge is -2.44. The molecule has 0 radical (unpaired) electrons. The molecule has 1 aliphatic rings. The van der Waals surface area contributed by atoms with E-state index < -0.39 is 52.3 Å². The van der Waals surface area contributed by atoms with E-state index in [0.717, 1.165) is 0 Å². The number of alkyl carbamates (subject to hydrolysis) is 1. The first-order valence-corrected chi connectivity index (χ1v) is 13.0. The van der Waals surface area contributed by atoms with Crippen molar-refractivity contribution >= 4 is 39.5 Å². The Bertz CT molecular complexity index is 858. The van der Waals surface area contributed by atoms with E-state index in [0.29, 0.717) is 5.01 Å². The molecule has 1 aromatic heterocycles. The summed E-state index contributed by atoms with van der Waals surface area (Å²) in [4.78, 5) is 31.4. The van der Waals surface area contributed by atoms with Gasteiger partial charge in [-0.05, 0) is 54.5 Å². The van der Waals surface area contributed by atoms with Gasteiger partial charge in [-0.25, -0.2) is 14.6 Å². The van der Waals surface area contributed by atoms with Crippen LogP contribution in [0.5, 0.6) is 0 Å². The number of rotatable bonds is 6. The number of hydrogen-bond donors (Lipinski definition) is 2. The third-order valence-electron chi connectivity index (χ3n) is 5.59. The second-order valence-electron chi connectivity index (χ2n) is 10.6. The van der Waals surface area contributed by atoms with E-state index in [1.165, 1.54) is 16.2 Å². The molecule has 13 heteroatoms. The number of carboxylic acid groups (broad SMARTS) is 1. The van der Waals surface area contributed by atoms with Gasteiger partial charge in [0, 0.05) is 35.0 Å². The summed E-state index contributed by atoms with van der Waals surface area (Å²) in [5.41, 5.74) is -1.60. The Morgan fingerprint density at radius 3 is 2.37 bits per heavy atom. The third-order valence-corrected chi connectivity index (χ3v) is 7.37. The van der Waals surface area contributed by atoms with Gasteiger partial charge in [0.05, 0.1) is 18.0 Å². The van der Waals surface area contributed by atoms with Crippen LogP contribution >= 0.6 is 27.3 Å². The molecular formula is C22H34BrF3N4O4S. The summed E-state index contributed by atoms with van der Waals surface area (Å²) in [6.07, 6.45) is -4.83. The molecule has 1 fully saturated rings. The number of thiazole rings is 1. The SMILES string of the molecule is CC(C)(C)OC(=O)N[C@@H](CN(C(=O)O)C(C)(C)C)C(c1nccs1)N1CCC(C(F)(F)F)C(Br)C1. The van der Waals surface area contributed by atoms with Gasteiger partial charge in [-0.1, -0.05) is 15.9 Å². The lowest BCUT2D eigenvalue weighted by atomic mass is 9.93. The van der Waals surface area contributed by atoms with Crippen molar-refractivity contribution in [3.05, 3.63) is 16.6 Å². The molecule has 2 rings (SSSR count). The van der Waals surface area contributed by atoms with E-state index in [-0.39, 0.29) is 26.1 Å². The summed E-state index contributed by atoms with van der Waals surface area (Å²) in [7, 11) is 0. The van der Waals surface area contributed by atoms with Crippen molar-refractivity contribution in [2.45, 2.75) is 82.2 Å². The van der Waals surface area contributed by atoms with Crippen LogP contribution in [0.15, 0.2) is 11.6 Å². The Kier molecular flexibility index (Phi) is 9.48. The number of halogens is 4. The molecule has 2 heterocycles. The Morgan fingerprint density at radius 2 is 1.94 bits per heavy atom. The number of ether oxygens (including phenoxy) is 1. The lowest BCUT2D eigenvalue weighted by Crippen LogP contribution is -2.58. The van der Waals surface area contributed by atoms with Gasteiger partial charge >= 0.3 is 18.4 Å². The standard InChI is InChI=1S/C22H34BrF3N4O4S/c1-20(2,3)30(19(32)33)12-15(28-18(31)34-21(4,5)6)16(17-27-8-10-35-17)29-9-7-13(14(23)11-29)22(24,25)26/h8,10,13-16H,7,9,11-12H2,1-6H3,(H,28,31)(H,32,33)/t13?,14?,15-,16?/m0/s1. The molecule has 1 aliphatic heterocycles. The minimum atomic E-state index is -4.34. The number of likely N-dealkylation sites (tertiary alicyclic amines) is 1. The fourth-order valence-corrected chi connectivity index (χ4v) is 5.80. The summed E-state index contributed by atoms with van der Waals surface area (Å²) in [6.45, 7) is 10.3. The molecule has 2 amide bonds. The molecule has 200 valence electrons. The zero-order valence-corrected chi connectivity index (χ0v) is 23.1. The predicted octanol–water partition coefficient (Wildman–Crippen LogP) is 5.50. The van der Waals surface area contributed by atoms with Gasteiger partial charge in [0.15, 0.2) is 0 Å². The van der Waals surface area contributed by atoms with E-state index in [4.69, 9.17) is 4.74 Å². The number of amides is 2. The van der Waals surface area contributed by atoms with Crippen molar-refractivity contribution in [1.82, 2.24) is 20.1 Å². The van der Waals surface area contributed by atoms with Crippen LogP contribution in [0.4, 0.5) is 22.8 Å². The van der Waals surface area contributed by atoms with Gasteiger partial charge in [-0.15, -0.1) is 11.3 Å². The number of hydrogen-bond acceptors (Lipinski definition) is 6. The number of aromatic nitrogens is 1. The third kappa shape index (κ3) is 8.49. The Labute approximate surface area is 216 Å². The van der Waals surface area contributed by atoms with Crippen LogP contribution in [0.2, 0.25) is 0 Å². The quantitative estimate of drug-likeness (QED) is 0.427. The highest BCUT2D eigenvalue weighted by atomic mass is 79.9. The molecule has 4 atom stereocenters. The molecule has 1 saturated heterocycles. The summed E-state index contributed by atoms with van der Waals surface area (Å²) in [5, 5.41) is 15.0. The van der Waals surface area contributed by atoms with Gasteiger partial charge in [0.1, 0.15) is 10.6 Å². The highest BCUT2D eigenvalue weighted by Gasteiger charge is 2.48. The summed E-state index contributed by atoms with van der Waals surface area (Å²) >= 11 is 4.51. The molecule has 0 bridgehead atoms. The summed E-state index contributed by atoms with van der Waals surface area (Å²) in [5.74, 6) is -1.50. The second-order valence-corrected chi connectivity index (χ2v) is 12.7. The smallest absolute Gasteiger partial charge is 0.408 e. The van der Waals surface area contributed by atoms with Crippen LogP contribution in [-0.4, -0.2) is 79.9 Å². The number of nitrogens with one attached hydrogen (secondary N) is 1. The predicted molar refractivity (Wildman–Crippen MR) is 131 cm³/mol. The molecular weight excluding hydrogens is 553 g/mol. The van der Waals surface area contributed by atoms with Crippen molar-refractivity contribution in [3.8, 4) is 0 Å². The van der Waals surface area contributed by atoms with Gasteiger partial charge in [-0.3, -0.25) is 4.90 Å². The van der Waals surface area contributed by atoms with Crippen molar-refractivity contribution in [2.24, 2.45) is 5.92 Å². The van der Waals surface area contributed by atoms with Crippen LogP contribution in [0.1, 0.15) is 59.0 Å². The molecule has 3 unspecified atom stereocenters. The molecule has 35 heavy (non-hydrogen) atoms. The average molecular weight is 588 g/mol. The minimum absolute atomic E-state index is 0.0451. The van der Waals surface area contributed by atoms with E-state index >= 15 is 0 Å². The zero-order valence-electron chi connectivity index (χ0n) is 20.7. The highest BCUT2D eigenvalue weighted by molar-refractivity contribution is 9.09. The van der Waals surface area contributed by atoms with Gasteiger partial charge in [0.25, 0.3) is 0 Å². The summed E-state index contributed by atoms with van der Waals surface area (Å²) < 4.78 is 45.8. The molecule has 2 N–H and O–H groups in total. The Balaban J connectivity index is 2.45. The number of nitrogens with zero attached hydrogens (tertiary/aromatic N) is 3. The molecule has 8 nitrogen and oxygen atoms in total. The monoisotopic (exact) mass is 586 g/mol. The van der Waals surface area contributed by atoms with Crippen LogP contribution < -0.4 is 5.32 Å². The number of alkyl halides is 4. The number of piperidine rings is 1. The fraction of sp³-hybridized carbons (Fsp3) is 0.773. The van der Waals surface area contributed by atoms with Crippen LogP contribution in [-0.2, 0) is 4.74 Å². The van der Waals surface area contributed by atoms with Crippen LogP contribution in [0, 0.1) is 5.92 Å². The Hall–Kier alpha value is -1.60. The van der Waals surface area contributed by atoms with Crippen LogP contribution in [0.3, 0.4) is 0 Å². The largest absolute Gasteiger partial charge is 0.465 e. The zero-order chi connectivity index (χ0) is 26.8. The first kappa shape index (κ1) is 29.6. The van der Waals surface area contributed by atoms with Gasteiger partial charge in [-0.2, -0.15) is 13.2 Å². The van der Waals surface area contributed by atoms with Crippen LogP contribution in [0.25, 0.3) is 0 Å². The summed E-state index contributed by atoms with van der Waals surface area (Å²) in [6, 6.07) is -1.51. The second kappa shape index (κ2) is 11.2. The average Bonchev–Trinajstić information content (AvgIpc) is 3.16. The van der Waals surface area contributed by atoms with E-state index in [1.54, 1.807) is 53.1 Å². The van der Waals surface area contributed by atoms with E-state index in [1.807, 2.05) is 4.90 Å². The topological polar surface area (TPSA) is 95.0 Å². The Morgan fingerprint density at radius 1 is 1.31 bits per heavy atom. The molecule has 0 saturated carbocycles. The van der Waals surface area contributed by atoms with Gasteiger partial charge < -0.3 is 20.1 Å². The molecule has 0 aromatic carbocycles. The first-order valence-electron chi connectivity index (χ1n) is 11.2. The normalized spacial score (nSPS) is 21.8. The first-order chi connectivity index (χ1) is 15.9. The maximum absolute atomic E-state index is 13.5. The maximum Gasteiger partial charge on any atom is 0.408 e. The van der Waals surface area contributed by atoms with Crippen molar-refractivity contribution < 1.29 is 32.6 Å². The van der Waals surface area contributed by atoms with Crippen molar-refractivity contribution in [2.75, 3.05) is 19.6 Å². The van der Waals surface area contributed by atoms with Crippen molar-refractivity contribution in [3.63, 3.8) is 0 Å². The maximum atomic E-state index is 13.5. The fourth-order valence-electron chi connectivity index (χ4n) is 4.03. The van der Waals surface area contributed by atoms with Gasteiger partial charge in [0.2, 0.25) is 0 Å². The number of carbonyl (C=O) groups is 2. The van der Waals surface area contributed by atoms with Crippen molar-refractivity contribution in [1.29, 1.82) is 0 Å². The van der Waals surface area contributed by atoms with E-state index in [2.05, 4.69) is 26.2 Å². The minimum Gasteiger partial charge on any atom is -0.465 e. The molecule has 1 aromatic rings.